The highest BCUT2D eigenvalue weighted by molar-refractivity contribution is 8.00. The van der Waals surface area contributed by atoms with Crippen molar-refractivity contribution in [3.05, 3.63) is 93.8 Å². The fourth-order valence-corrected chi connectivity index (χ4v) is 5.56. The first kappa shape index (κ1) is 34.3. The highest BCUT2D eigenvalue weighted by atomic mass is 35.5. The first-order chi connectivity index (χ1) is 20.2. The van der Waals surface area contributed by atoms with Crippen LogP contribution >= 0.6 is 23.4 Å². The fraction of sp³-hybridized carbons (Fsp3) is 0.333. The second-order valence-corrected chi connectivity index (χ2v) is 11.7. The number of benzene rings is 3. The number of nitrogens with one attached hydrogen (secondary N) is 1. The van der Waals surface area contributed by atoms with E-state index in [1.165, 1.54) is 42.1 Å². The summed E-state index contributed by atoms with van der Waals surface area (Å²) < 4.78 is 78.5. The molecule has 0 bridgehead atoms. The van der Waals surface area contributed by atoms with Crippen molar-refractivity contribution in [1.82, 2.24) is 0 Å². The Morgan fingerprint density at radius 2 is 1.70 bits per heavy atom. The molecule has 3 aromatic rings. The normalized spacial score (nSPS) is 14.0. The van der Waals surface area contributed by atoms with E-state index in [1.54, 1.807) is 13.1 Å². The third kappa shape index (κ3) is 10.8. The predicted octanol–water partition coefficient (Wildman–Crippen LogP) is 8.88. The zero-order valence-electron chi connectivity index (χ0n) is 23.1. The molecule has 0 aliphatic carbocycles. The van der Waals surface area contributed by atoms with E-state index in [2.05, 4.69) is 10.5 Å². The minimum Gasteiger partial charge on any atom is -0.393 e. The van der Waals surface area contributed by atoms with Crippen LogP contribution in [0.3, 0.4) is 0 Å². The molecule has 43 heavy (non-hydrogen) atoms. The van der Waals surface area contributed by atoms with Crippen LogP contribution < -0.4 is 5.32 Å². The van der Waals surface area contributed by atoms with E-state index < -0.39 is 41.2 Å². The number of hydrogen-bond donors (Lipinski definition) is 2. The van der Waals surface area contributed by atoms with Crippen molar-refractivity contribution >= 4 is 41.2 Å². The topological polar surface area (TPSA) is 70.9 Å². The molecular weight excluding hydrogens is 618 g/mol. The summed E-state index contributed by atoms with van der Waals surface area (Å²) in [5.41, 5.74) is -0.331. The van der Waals surface area contributed by atoms with Crippen molar-refractivity contribution < 1.29 is 41.1 Å². The summed E-state index contributed by atoms with van der Waals surface area (Å²) in [4.78, 5) is 18.6. The Bertz CT molecular complexity index is 1400. The van der Waals surface area contributed by atoms with Crippen LogP contribution in [0.25, 0.3) is 0 Å². The number of halogens is 7. The molecule has 0 aliphatic heterocycles. The molecule has 0 aliphatic rings. The molecule has 0 saturated carbocycles. The van der Waals surface area contributed by atoms with Crippen molar-refractivity contribution in [3.8, 4) is 0 Å². The zero-order chi connectivity index (χ0) is 31.7. The SMILES string of the molecule is CC(O)CCC(CC(C)/C=N/OCc1ccc(C(F)(F)F)cc1)Sc1cc(C(=O)Nc2cc(F)c(F)c(F)c2)ccc1Cl. The molecule has 0 radical (unpaired) electrons. The van der Waals surface area contributed by atoms with Crippen molar-refractivity contribution in [2.24, 2.45) is 11.1 Å². The lowest BCUT2D eigenvalue weighted by molar-refractivity contribution is -0.137. The molecule has 0 saturated heterocycles. The molecule has 13 heteroatoms. The molecule has 3 rings (SSSR count). The number of anilines is 1. The van der Waals surface area contributed by atoms with Crippen LogP contribution in [-0.4, -0.2) is 28.6 Å². The monoisotopic (exact) mass is 646 g/mol. The summed E-state index contributed by atoms with van der Waals surface area (Å²) in [6, 6.07) is 10.4. The van der Waals surface area contributed by atoms with Crippen LogP contribution in [0.15, 0.2) is 64.6 Å². The molecule has 2 N–H and O–H groups in total. The number of aliphatic hydroxyl groups excluding tert-OH is 1. The number of rotatable bonds is 13. The number of aliphatic hydroxyl groups is 1. The minimum atomic E-state index is -4.42. The third-order valence-corrected chi connectivity index (χ3v) is 7.97. The average molecular weight is 647 g/mol. The molecule has 3 aromatic carbocycles. The lowest BCUT2D eigenvalue weighted by Crippen LogP contribution is -2.14. The first-order valence-corrected chi connectivity index (χ1v) is 14.4. The van der Waals surface area contributed by atoms with Gasteiger partial charge in [0.15, 0.2) is 17.5 Å². The van der Waals surface area contributed by atoms with E-state index in [-0.39, 0.29) is 29.0 Å². The third-order valence-electron chi connectivity index (χ3n) is 6.17. The molecule has 3 unspecified atom stereocenters. The van der Waals surface area contributed by atoms with Crippen molar-refractivity contribution in [3.63, 3.8) is 0 Å². The fourth-order valence-electron chi connectivity index (χ4n) is 3.92. The van der Waals surface area contributed by atoms with Gasteiger partial charge in [-0.05, 0) is 68.0 Å². The van der Waals surface area contributed by atoms with Gasteiger partial charge in [-0.25, -0.2) is 13.2 Å². The minimum absolute atomic E-state index is 0.0107. The summed E-state index contributed by atoms with van der Waals surface area (Å²) in [6.07, 6.45) is -1.74. The zero-order valence-corrected chi connectivity index (χ0v) is 24.7. The Balaban J connectivity index is 1.64. The molecule has 3 atom stereocenters. The largest absolute Gasteiger partial charge is 0.416 e. The van der Waals surface area contributed by atoms with Crippen LogP contribution in [0.5, 0.6) is 0 Å². The predicted molar refractivity (Wildman–Crippen MR) is 155 cm³/mol. The van der Waals surface area contributed by atoms with Gasteiger partial charge in [0.2, 0.25) is 0 Å². The summed E-state index contributed by atoms with van der Waals surface area (Å²) >= 11 is 7.79. The van der Waals surface area contributed by atoms with E-state index in [0.717, 1.165) is 12.1 Å². The van der Waals surface area contributed by atoms with Gasteiger partial charge in [0.1, 0.15) is 6.61 Å². The lowest BCUT2D eigenvalue weighted by atomic mass is 10.0. The van der Waals surface area contributed by atoms with Crippen LogP contribution in [-0.2, 0) is 17.6 Å². The number of thioether (sulfide) groups is 1. The van der Waals surface area contributed by atoms with Gasteiger partial charge < -0.3 is 15.3 Å². The highest BCUT2D eigenvalue weighted by Crippen LogP contribution is 2.36. The molecule has 0 aromatic heterocycles. The lowest BCUT2D eigenvalue weighted by Gasteiger charge is -2.20. The van der Waals surface area contributed by atoms with E-state index in [1.807, 2.05) is 6.92 Å². The summed E-state index contributed by atoms with van der Waals surface area (Å²) in [5, 5.41) is 16.4. The van der Waals surface area contributed by atoms with Gasteiger partial charge in [-0.1, -0.05) is 35.8 Å². The molecule has 0 fully saturated rings. The first-order valence-electron chi connectivity index (χ1n) is 13.1. The summed E-state index contributed by atoms with van der Waals surface area (Å²) in [5.74, 6) is -5.31. The summed E-state index contributed by atoms with van der Waals surface area (Å²) in [6.45, 7) is 3.55. The molecular formula is C30H29ClF6N2O3S. The number of nitrogens with zero attached hydrogens (tertiary/aromatic N) is 1. The van der Waals surface area contributed by atoms with Crippen molar-refractivity contribution in [1.29, 1.82) is 0 Å². The van der Waals surface area contributed by atoms with Gasteiger partial charge in [0.05, 0.1) is 16.7 Å². The Kier molecular flexibility index (Phi) is 12.3. The van der Waals surface area contributed by atoms with Crippen LogP contribution in [0, 0.1) is 23.4 Å². The van der Waals surface area contributed by atoms with E-state index in [4.69, 9.17) is 16.4 Å². The number of amides is 1. The smallest absolute Gasteiger partial charge is 0.393 e. The Hall–Kier alpha value is -3.22. The van der Waals surface area contributed by atoms with E-state index in [0.29, 0.717) is 46.9 Å². The average Bonchev–Trinajstić information content (AvgIpc) is 2.93. The number of hydrogen-bond acceptors (Lipinski definition) is 5. The molecule has 0 spiro atoms. The van der Waals surface area contributed by atoms with Gasteiger partial charge in [-0.2, -0.15) is 13.2 Å². The quantitative estimate of drug-likeness (QED) is 0.0640. The standard InChI is InChI=1S/C30H29ClF6N2O3S/c1-17(15-38-42-16-19-4-7-21(8-5-19)30(35,36)37)11-23(9-3-18(2)40)43-27-12-20(6-10-24(27)31)29(41)39-22-13-25(32)28(34)26(33)14-22/h4-8,10,12-15,17-18,23,40H,3,9,11,16H2,1-2H3,(H,39,41)/b38-15+. The second-order valence-electron chi connectivity index (χ2n) is 9.96. The van der Waals surface area contributed by atoms with Crippen LogP contribution in [0.1, 0.15) is 54.6 Å². The maximum absolute atomic E-state index is 13.6. The van der Waals surface area contributed by atoms with Gasteiger partial charge in [0, 0.05) is 39.7 Å². The number of carbonyl (C=O) groups is 1. The van der Waals surface area contributed by atoms with E-state index >= 15 is 0 Å². The van der Waals surface area contributed by atoms with Crippen molar-refractivity contribution in [2.75, 3.05) is 5.32 Å². The number of oxime groups is 1. The molecule has 1 amide bonds. The van der Waals surface area contributed by atoms with Gasteiger partial charge >= 0.3 is 6.18 Å². The highest BCUT2D eigenvalue weighted by Gasteiger charge is 2.30. The maximum Gasteiger partial charge on any atom is 0.416 e. The van der Waals surface area contributed by atoms with Crippen LogP contribution in [0.4, 0.5) is 32.0 Å². The Labute approximate surface area is 254 Å². The van der Waals surface area contributed by atoms with Gasteiger partial charge in [-0.15, -0.1) is 11.8 Å². The van der Waals surface area contributed by atoms with Gasteiger partial charge in [-0.3, -0.25) is 4.79 Å². The Morgan fingerprint density at radius 3 is 2.30 bits per heavy atom. The maximum atomic E-state index is 13.6. The van der Waals surface area contributed by atoms with Crippen molar-refractivity contribution in [2.45, 2.75) is 62.1 Å². The second kappa shape index (κ2) is 15.5. The van der Waals surface area contributed by atoms with Gasteiger partial charge in [0.25, 0.3) is 5.91 Å². The Morgan fingerprint density at radius 1 is 1.05 bits per heavy atom. The molecule has 5 nitrogen and oxygen atoms in total. The van der Waals surface area contributed by atoms with Crippen LogP contribution in [0.2, 0.25) is 5.02 Å². The molecule has 232 valence electrons. The number of alkyl halides is 3. The summed E-state index contributed by atoms with van der Waals surface area (Å²) in [7, 11) is 0. The number of carbonyl (C=O) groups excluding carboxylic acids is 1. The van der Waals surface area contributed by atoms with E-state index in [9.17, 15) is 36.2 Å². The molecule has 0 heterocycles.